The summed E-state index contributed by atoms with van der Waals surface area (Å²) in [7, 11) is 0. The normalized spacial score (nSPS) is 23.6. The molecule has 2 aliphatic heterocycles. The van der Waals surface area contributed by atoms with Gasteiger partial charge in [-0.1, -0.05) is 6.07 Å². The van der Waals surface area contributed by atoms with Crippen LogP contribution in [-0.2, 0) is 6.54 Å². The Bertz CT molecular complexity index is 742. The molecule has 0 amide bonds. The fourth-order valence-electron chi connectivity index (χ4n) is 3.76. The van der Waals surface area contributed by atoms with Crippen LogP contribution >= 0.6 is 0 Å². The molecule has 1 aromatic carbocycles. The number of hydrogen-bond donors (Lipinski definition) is 0. The summed E-state index contributed by atoms with van der Waals surface area (Å²) >= 11 is 0. The molecule has 1 saturated carbocycles. The molecular weight excluding hydrogens is 306 g/mol. The molecule has 3 heterocycles. The van der Waals surface area contributed by atoms with Gasteiger partial charge in [0.15, 0.2) is 17.3 Å². The van der Waals surface area contributed by atoms with Gasteiger partial charge in [-0.2, -0.15) is 0 Å². The van der Waals surface area contributed by atoms with Crippen LogP contribution in [-0.4, -0.2) is 44.9 Å². The topological polar surface area (TPSA) is 65.3 Å². The Morgan fingerprint density at radius 3 is 2.83 bits per heavy atom. The van der Waals surface area contributed by atoms with Crippen LogP contribution in [0.15, 0.2) is 18.2 Å². The van der Waals surface area contributed by atoms with Crippen LogP contribution in [0.5, 0.6) is 11.5 Å². The minimum atomic E-state index is 0.394. The van der Waals surface area contributed by atoms with Gasteiger partial charge in [-0.3, -0.25) is 4.90 Å². The number of likely N-dealkylation sites (tertiary alicyclic amines) is 1. The molecular formula is C17H21N5O2. The SMILES string of the molecule is c1cc2c(cc1C1CCCN1Cc1nnnn1C1CC1)OCCO2. The van der Waals surface area contributed by atoms with E-state index in [2.05, 4.69) is 32.6 Å². The standard InChI is InChI=1S/C17H21N5O2/c1-2-14(12-3-6-15-16(10-12)24-9-8-23-15)21(7-1)11-17-18-19-20-22(17)13-4-5-13/h3,6,10,13-14H,1-2,4-5,7-9,11H2. The Labute approximate surface area is 140 Å². The van der Waals surface area contributed by atoms with E-state index < -0.39 is 0 Å². The smallest absolute Gasteiger partial charge is 0.165 e. The van der Waals surface area contributed by atoms with Gasteiger partial charge in [0.2, 0.25) is 0 Å². The number of fused-ring (bicyclic) bond motifs is 1. The van der Waals surface area contributed by atoms with E-state index in [1.807, 2.05) is 10.7 Å². The zero-order chi connectivity index (χ0) is 15.9. The van der Waals surface area contributed by atoms with Crippen LogP contribution in [0.3, 0.4) is 0 Å². The van der Waals surface area contributed by atoms with E-state index in [0.29, 0.717) is 25.3 Å². The highest BCUT2D eigenvalue weighted by Crippen LogP contribution is 2.39. The summed E-state index contributed by atoms with van der Waals surface area (Å²) in [6, 6.07) is 7.26. The molecule has 7 nitrogen and oxygen atoms in total. The molecule has 126 valence electrons. The van der Waals surface area contributed by atoms with Gasteiger partial charge in [0.25, 0.3) is 0 Å². The highest BCUT2D eigenvalue weighted by atomic mass is 16.6. The lowest BCUT2D eigenvalue weighted by atomic mass is 10.0. The number of hydrogen-bond acceptors (Lipinski definition) is 6. The molecule has 1 atom stereocenters. The first-order valence-corrected chi connectivity index (χ1v) is 8.79. The average Bonchev–Trinajstić information content (AvgIpc) is 3.18. The van der Waals surface area contributed by atoms with Crippen LogP contribution in [0.4, 0.5) is 0 Å². The van der Waals surface area contributed by atoms with Gasteiger partial charge in [0.05, 0.1) is 12.6 Å². The van der Waals surface area contributed by atoms with E-state index in [1.54, 1.807) is 0 Å². The maximum Gasteiger partial charge on any atom is 0.165 e. The summed E-state index contributed by atoms with van der Waals surface area (Å²) in [5.74, 6) is 2.71. The third-order valence-corrected chi connectivity index (χ3v) is 5.11. The molecule has 24 heavy (non-hydrogen) atoms. The van der Waals surface area contributed by atoms with Crippen molar-refractivity contribution in [3.8, 4) is 11.5 Å². The van der Waals surface area contributed by atoms with Crippen molar-refractivity contribution in [2.24, 2.45) is 0 Å². The monoisotopic (exact) mass is 327 g/mol. The van der Waals surface area contributed by atoms with Crippen molar-refractivity contribution in [3.05, 3.63) is 29.6 Å². The van der Waals surface area contributed by atoms with Crippen LogP contribution < -0.4 is 9.47 Å². The Kier molecular flexibility index (Phi) is 3.40. The number of ether oxygens (including phenoxy) is 2. The van der Waals surface area contributed by atoms with E-state index in [0.717, 1.165) is 36.8 Å². The molecule has 7 heteroatoms. The van der Waals surface area contributed by atoms with Crippen molar-refractivity contribution in [1.82, 2.24) is 25.1 Å². The Balaban J connectivity index is 1.38. The van der Waals surface area contributed by atoms with Gasteiger partial charge in [-0.25, -0.2) is 4.68 Å². The third-order valence-electron chi connectivity index (χ3n) is 5.11. The molecule has 1 aromatic heterocycles. The minimum Gasteiger partial charge on any atom is -0.486 e. The van der Waals surface area contributed by atoms with Crippen LogP contribution in [0.1, 0.15) is 49.2 Å². The lowest BCUT2D eigenvalue weighted by Gasteiger charge is -2.26. The average molecular weight is 327 g/mol. The zero-order valence-corrected chi connectivity index (χ0v) is 13.6. The summed E-state index contributed by atoms with van der Waals surface area (Å²) in [5, 5.41) is 12.3. The summed E-state index contributed by atoms with van der Waals surface area (Å²) in [6.45, 7) is 3.14. The van der Waals surface area contributed by atoms with Gasteiger partial charge in [-0.15, -0.1) is 5.10 Å². The summed E-state index contributed by atoms with van der Waals surface area (Å²) in [5.41, 5.74) is 1.29. The van der Waals surface area contributed by atoms with Gasteiger partial charge in [0, 0.05) is 6.04 Å². The van der Waals surface area contributed by atoms with Crippen LogP contribution in [0.2, 0.25) is 0 Å². The summed E-state index contributed by atoms with van der Waals surface area (Å²) in [6.07, 6.45) is 4.75. The third kappa shape index (κ3) is 2.53. The Morgan fingerprint density at radius 2 is 1.96 bits per heavy atom. The molecule has 0 bridgehead atoms. The molecule has 5 rings (SSSR count). The largest absolute Gasteiger partial charge is 0.486 e. The van der Waals surface area contributed by atoms with Crippen molar-refractivity contribution in [2.45, 2.75) is 44.3 Å². The second kappa shape index (κ2) is 5.73. The molecule has 1 aliphatic carbocycles. The lowest BCUT2D eigenvalue weighted by Crippen LogP contribution is -2.25. The summed E-state index contributed by atoms with van der Waals surface area (Å²) < 4.78 is 13.4. The Morgan fingerprint density at radius 1 is 1.08 bits per heavy atom. The van der Waals surface area contributed by atoms with Crippen LogP contribution in [0.25, 0.3) is 0 Å². The number of benzene rings is 1. The van der Waals surface area contributed by atoms with Crippen molar-refractivity contribution in [3.63, 3.8) is 0 Å². The van der Waals surface area contributed by atoms with E-state index in [4.69, 9.17) is 9.47 Å². The molecule has 2 fully saturated rings. The van der Waals surface area contributed by atoms with E-state index in [9.17, 15) is 0 Å². The highest BCUT2D eigenvalue weighted by molar-refractivity contribution is 5.44. The number of nitrogens with zero attached hydrogens (tertiary/aromatic N) is 5. The predicted octanol–water partition coefficient (Wildman–Crippen LogP) is 2.12. The first-order valence-electron chi connectivity index (χ1n) is 8.79. The lowest BCUT2D eigenvalue weighted by molar-refractivity contribution is 0.170. The van der Waals surface area contributed by atoms with Gasteiger partial charge >= 0.3 is 0 Å². The van der Waals surface area contributed by atoms with Gasteiger partial charge < -0.3 is 9.47 Å². The first-order chi connectivity index (χ1) is 11.9. The molecule has 2 aromatic rings. The second-order valence-electron chi connectivity index (χ2n) is 6.80. The molecule has 3 aliphatic rings. The number of aromatic nitrogens is 4. The van der Waals surface area contributed by atoms with E-state index in [1.165, 1.54) is 24.8 Å². The molecule has 1 unspecified atom stereocenters. The van der Waals surface area contributed by atoms with Gasteiger partial charge in [0.1, 0.15) is 13.2 Å². The Hall–Kier alpha value is -2.15. The fraction of sp³-hybridized carbons (Fsp3) is 0.588. The van der Waals surface area contributed by atoms with Gasteiger partial charge in [-0.05, 0) is 60.4 Å². The number of rotatable bonds is 4. The second-order valence-corrected chi connectivity index (χ2v) is 6.80. The zero-order valence-electron chi connectivity index (χ0n) is 13.6. The molecule has 0 spiro atoms. The highest BCUT2D eigenvalue weighted by Gasteiger charge is 2.32. The number of tetrazole rings is 1. The maximum absolute atomic E-state index is 5.74. The quantitative estimate of drug-likeness (QED) is 0.857. The molecule has 1 saturated heterocycles. The maximum atomic E-state index is 5.74. The summed E-state index contributed by atoms with van der Waals surface area (Å²) in [4.78, 5) is 2.48. The predicted molar refractivity (Wildman–Crippen MR) is 85.9 cm³/mol. The minimum absolute atomic E-state index is 0.394. The van der Waals surface area contributed by atoms with Crippen molar-refractivity contribution in [2.75, 3.05) is 19.8 Å². The van der Waals surface area contributed by atoms with E-state index >= 15 is 0 Å². The first kappa shape index (κ1) is 14.2. The van der Waals surface area contributed by atoms with E-state index in [-0.39, 0.29) is 0 Å². The van der Waals surface area contributed by atoms with Crippen LogP contribution in [0, 0.1) is 0 Å². The van der Waals surface area contributed by atoms with Crippen molar-refractivity contribution < 1.29 is 9.47 Å². The van der Waals surface area contributed by atoms with Crippen molar-refractivity contribution in [1.29, 1.82) is 0 Å². The molecule has 0 N–H and O–H groups in total. The van der Waals surface area contributed by atoms with Crippen molar-refractivity contribution >= 4 is 0 Å². The molecule has 0 radical (unpaired) electrons. The fourth-order valence-corrected chi connectivity index (χ4v) is 3.76.